The van der Waals surface area contributed by atoms with Crippen molar-refractivity contribution in [2.24, 2.45) is 0 Å². The van der Waals surface area contributed by atoms with Crippen LogP contribution in [0.1, 0.15) is 5.56 Å². The van der Waals surface area contributed by atoms with Crippen LogP contribution < -0.4 is 10.6 Å². The van der Waals surface area contributed by atoms with Gasteiger partial charge in [0.1, 0.15) is 12.6 Å². The first-order chi connectivity index (χ1) is 8.19. The lowest BCUT2D eigenvalue weighted by Crippen LogP contribution is -2.35. The number of anilines is 1. The van der Waals surface area contributed by atoms with Gasteiger partial charge >= 0.3 is 11.8 Å². The van der Waals surface area contributed by atoms with E-state index < -0.39 is 11.8 Å². The van der Waals surface area contributed by atoms with Crippen molar-refractivity contribution in [2.75, 3.05) is 11.9 Å². The van der Waals surface area contributed by atoms with Crippen LogP contribution in [0.2, 0.25) is 0 Å². The lowest BCUT2D eigenvalue weighted by Gasteiger charge is -2.05. The maximum Gasteiger partial charge on any atom is 0.313 e. The summed E-state index contributed by atoms with van der Waals surface area (Å²) in [4.78, 5) is 22.5. The first kappa shape index (κ1) is 12.2. The molecule has 0 aromatic heterocycles. The number of nitrogens with zero attached hydrogens (tertiary/aromatic N) is 2. The van der Waals surface area contributed by atoms with E-state index in [0.717, 1.165) is 0 Å². The highest BCUT2D eigenvalue weighted by molar-refractivity contribution is 6.39. The highest BCUT2D eigenvalue weighted by atomic mass is 16.2. The second kappa shape index (κ2) is 5.89. The number of benzene rings is 1. The lowest BCUT2D eigenvalue weighted by molar-refractivity contribution is -0.136. The SMILES string of the molecule is N#CCNC(=O)C(=O)Nc1ccccc1C#N. The van der Waals surface area contributed by atoms with Crippen molar-refractivity contribution in [1.82, 2.24) is 5.32 Å². The topological polar surface area (TPSA) is 106 Å². The van der Waals surface area contributed by atoms with Crippen molar-refractivity contribution >= 4 is 17.5 Å². The number of para-hydroxylation sites is 1. The molecule has 0 aliphatic rings. The van der Waals surface area contributed by atoms with Crippen LogP contribution in [0.15, 0.2) is 24.3 Å². The smallest absolute Gasteiger partial charge is 0.313 e. The van der Waals surface area contributed by atoms with Gasteiger partial charge in [-0.25, -0.2) is 0 Å². The predicted molar refractivity (Wildman–Crippen MR) is 58.4 cm³/mol. The van der Waals surface area contributed by atoms with Gasteiger partial charge in [0, 0.05) is 0 Å². The van der Waals surface area contributed by atoms with Crippen LogP contribution in [0, 0.1) is 22.7 Å². The summed E-state index contributed by atoms with van der Waals surface area (Å²) in [5.41, 5.74) is 0.515. The van der Waals surface area contributed by atoms with Gasteiger partial charge in [-0.1, -0.05) is 12.1 Å². The van der Waals surface area contributed by atoms with Gasteiger partial charge in [-0.05, 0) is 12.1 Å². The molecule has 0 unspecified atom stereocenters. The van der Waals surface area contributed by atoms with E-state index in [1.165, 1.54) is 12.1 Å². The minimum atomic E-state index is -0.917. The number of carbonyl (C=O) groups excluding carboxylic acids is 2. The molecule has 6 nitrogen and oxygen atoms in total. The molecule has 0 radical (unpaired) electrons. The fourth-order valence-electron chi connectivity index (χ4n) is 1.07. The van der Waals surface area contributed by atoms with Crippen molar-refractivity contribution in [3.63, 3.8) is 0 Å². The van der Waals surface area contributed by atoms with Crippen molar-refractivity contribution in [3.05, 3.63) is 29.8 Å². The molecule has 0 fully saturated rings. The summed E-state index contributed by atoms with van der Waals surface area (Å²) in [7, 11) is 0. The second-order valence-electron chi connectivity index (χ2n) is 2.95. The number of nitrogens with one attached hydrogen (secondary N) is 2. The van der Waals surface area contributed by atoms with E-state index in [4.69, 9.17) is 10.5 Å². The first-order valence-electron chi connectivity index (χ1n) is 4.64. The van der Waals surface area contributed by atoms with Crippen molar-refractivity contribution in [2.45, 2.75) is 0 Å². The van der Waals surface area contributed by atoms with E-state index in [1.54, 1.807) is 18.2 Å². The molecule has 1 aromatic carbocycles. The third kappa shape index (κ3) is 3.33. The predicted octanol–water partition coefficient (Wildman–Crippen LogP) is 0.137. The van der Waals surface area contributed by atoms with Crippen LogP contribution in [0.25, 0.3) is 0 Å². The Morgan fingerprint density at radius 3 is 2.53 bits per heavy atom. The van der Waals surface area contributed by atoms with Gasteiger partial charge in [-0.3, -0.25) is 9.59 Å². The molecule has 0 spiro atoms. The highest BCUT2D eigenvalue weighted by Gasteiger charge is 2.14. The molecular weight excluding hydrogens is 220 g/mol. The summed E-state index contributed by atoms with van der Waals surface area (Å²) in [6.07, 6.45) is 0. The Balaban J connectivity index is 2.72. The molecule has 17 heavy (non-hydrogen) atoms. The molecule has 84 valence electrons. The lowest BCUT2D eigenvalue weighted by atomic mass is 10.2. The number of rotatable bonds is 2. The highest BCUT2D eigenvalue weighted by Crippen LogP contribution is 2.12. The summed E-state index contributed by atoms with van der Waals surface area (Å²) in [6, 6.07) is 9.86. The number of carbonyl (C=O) groups is 2. The maximum atomic E-state index is 11.3. The largest absolute Gasteiger partial charge is 0.335 e. The van der Waals surface area contributed by atoms with Gasteiger partial charge in [0.2, 0.25) is 0 Å². The molecule has 0 aliphatic heterocycles. The van der Waals surface area contributed by atoms with Crippen LogP contribution in [-0.2, 0) is 9.59 Å². The van der Waals surface area contributed by atoms with Gasteiger partial charge in [0.15, 0.2) is 0 Å². The van der Waals surface area contributed by atoms with Crippen LogP contribution in [0.4, 0.5) is 5.69 Å². The van der Waals surface area contributed by atoms with E-state index >= 15 is 0 Å². The molecule has 0 atom stereocenters. The average Bonchev–Trinajstić information content (AvgIpc) is 2.36. The van der Waals surface area contributed by atoms with Crippen molar-refractivity contribution < 1.29 is 9.59 Å². The monoisotopic (exact) mass is 228 g/mol. The average molecular weight is 228 g/mol. The molecule has 0 saturated carbocycles. The van der Waals surface area contributed by atoms with Crippen molar-refractivity contribution in [3.8, 4) is 12.1 Å². The molecule has 0 aliphatic carbocycles. The van der Waals surface area contributed by atoms with Crippen LogP contribution in [-0.4, -0.2) is 18.4 Å². The van der Waals surface area contributed by atoms with E-state index in [2.05, 4.69) is 10.6 Å². The fraction of sp³-hybridized carbons (Fsp3) is 0.0909. The Labute approximate surface area is 97.5 Å². The fourth-order valence-corrected chi connectivity index (χ4v) is 1.07. The molecule has 6 heteroatoms. The Morgan fingerprint density at radius 1 is 1.18 bits per heavy atom. The quantitative estimate of drug-likeness (QED) is 0.554. The summed E-state index contributed by atoms with van der Waals surface area (Å²) in [5, 5.41) is 21.4. The summed E-state index contributed by atoms with van der Waals surface area (Å²) in [5.74, 6) is -1.83. The van der Waals surface area contributed by atoms with E-state index in [9.17, 15) is 9.59 Å². The van der Waals surface area contributed by atoms with E-state index in [0.29, 0.717) is 0 Å². The van der Waals surface area contributed by atoms with Gasteiger partial charge < -0.3 is 10.6 Å². The second-order valence-corrected chi connectivity index (χ2v) is 2.95. The van der Waals surface area contributed by atoms with E-state index in [-0.39, 0.29) is 17.8 Å². The Hall–Kier alpha value is -2.86. The third-order valence-corrected chi connectivity index (χ3v) is 1.83. The zero-order valence-corrected chi connectivity index (χ0v) is 8.73. The van der Waals surface area contributed by atoms with Crippen LogP contribution in [0.5, 0.6) is 0 Å². The van der Waals surface area contributed by atoms with E-state index in [1.807, 2.05) is 6.07 Å². The molecule has 0 heterocycles. The molecule has 2 N–H and O–H groups in total. The Morgan fingerprint density at radius 2 is 1.88 bits per heavy atom. The zero-order chi connectivity index (χ0) is 12.7. The number of nitriles is 2. The molecular formula is C11H8N4O2. The van der Waals surface area contributed by atoms with Crippen LogP contribution in [0.3, 0.4) is 0 Å². The third-order valence-electron chi connectivity index (χ3n) is 1.83. The number of hydrogen-bond acceptors (Lipinski definition) is 4. The summed E-state index contributed by atoms with van der Waals surface area (Å²) in [6.45, 7) is -0.244. The maximum absolute atomic E-state index is 11.3. The molecule has 1 aromatic rings. The Bertz CT molecular complexity index is 525. The van der Waals surface area contributed by atoms with Crippen LogP contribution >= 0.6 is 0 Å². The van der Waals surface area contributed by atoms with Gasteiger partial charge in [0.25, 0.3) is 0 Å². The summed E-state index contributed by atoms with van der Waals surface area (Å²) >= 11 is 0. The molecule has 2 amide bonds. The molecule has 1 rings (SSSR count). The molecule has 0 saturated heterocycles. The number of hydrogen-bond donors (Lipinski definition) is 2. The minimum absolute atomic E-state index is 0.244. The standard InChI is InChI=1S/C11H8N4O2/c12-5-6-14-10(16)11(17)15-9-4-2-1-3-8(9)7-13/h1-4H,6H2,(H,14,16)(H,15,17). The summed E-state index contributed by atoms with van der Waals surface area (Å²) < 4.78 is 0. The van der Waals surface area contributed by atoms with Gasteiger partial charge in [-0.2, -0.15) is 10.5 Å². The minimum Gasteiger partial charge on any atom is -0.335 e. The zero-order valence-electron chi connectivity index (χ0n) is 8.73. The Kier molecular flexibility index (Phi) is 4.23. The number of amides is 2. The van der Waals surface area contributed by atoms with Gasteiger partial charge in [-0.15, -0.1) is 0 Å². The normalized spacial score (nSPS) is 8.59. The van der Waals surface area contributed by atoms with Gasteiger partial charge in [0.05, 0.1) is 17.3 Å². The first-order valence-corrected chi connectivity index (χ1v) is 4.64. The molecule has 0 bridgehead atoms. The van der Waals surface area contributed by atoms with Crippen molar-refractivity contribution in [1.29, 1.82) is 10.5 Å².